The number of nitrogens with zero attached hydrogens (tertiary/aromatic N) is 2. The second kappa shape index (κ2) is 6.90. The first-order valence-electron chi connectivity index (χ1n) is 7.68. The van der Waals surface area contributed by atoms with Crippen molar-refractivity contribution in [3.8, 4) is 5.88 Å². The summed E-state index contributed by atoms with van der Waals surface area (Å²) in [6.07, 6.45) is 0. The number of ether oxygens (including phenoxy) is 1. The van der Waals surface area contributed by atoms with Crippen molar-refractivity contribution < 1.29 is 9.84 Å². The summed E-state index contributed by atoms with van der Waals surface area (Å²) in [4.78, 5) is 6.94. The van der Waals surface area contributed by atoms with E-state index in [0.29, 0.717) is 5.88 Å². The van der Waals surface area contributed by atoms with Gasteiger partial charge in [-0.15, -0.1) is 0 Å². The van der Waals surface area contributed by atoms with Crippen molar-refractivity contribution in [3.63, 3.8) is 0 Å². The van der Waals surface area contributed by atoms with Gasteiger partial charge in [-0.3, -0.25) is 4.90 Å². The zero-order valence-electron chi connectivity index (χ0n) is 12.9. The highest BCUT2D eigenvalue weighted by Crippen LogP contribution is 2.32. The summed E-state index contributed by atoms with van der Waals surface area (Å²) in [6, 6.07) is 16.3. The molecule has 0 saturated carbocycles. The summed E-state index contributed by atoms with van der Waals surface area (Å²) in [5.41, 5.74) is 2.31. The van der Waals surface area contributed by atoms with E-state index in [0.717, 1.165) is 25.3 Å². The first-order valence-corrected chi connectivity index (χ1v) is 7.68. The largest absolute Gasteiger partial charge is 0.481 e. The number of hydrogen-bond acceptors (Lipinski definition) is 4. The SMILES string of the molecule is COc1cccc([C@@H]2CN(Cc3ccccc3)C[C@@H]2CO)n1. The zero-order chi connectivity index (χ0) is 15.4. The number of pyridine rings is 1. The summed E-state index contributed by atoms with van der Waals surface area (Å²) in [6.45, 7) is 2.92. The smallest absolute Gasteiger partial charge is 0.213 e. The molecule has 1 aliphatic heterocycles. The summed E-state index contributed by atoms with van der Waals surface area (Å²) < 4.78 is 5.22. The number of rotatable bonds is 5. The van der Waals surface area contributed by atoms with Gasteiger partial charge in [-0.25, -0.2) is 4.98 Å². The lowest BCUT2D eigenvalue weighted by Crippen LogP contribution is -2.20. The molecule has 2 heterocycles. The Bertz CT molecular complexity index is 603. The van der Waals surface area contributed by atoms with Crippen LogP contribution in [0.5, 0.6) is 5.88 Å². The summed E-state index contributed by atoms with van der Waals surface area (Å²) in [5, 5.41) is 9.72. The van der Waals surface area contributed by atoms with Crippen LogP contribution in [0.4, 0.5) is 0 Å². The lowest BCUT2D eigenvalue weighted by Gasteiger charge is -2.16. The minimum absolute atomic E-state index is 0.189. The van der Waals surface area contributed by atoms with E-state index >= 15 is 0 Å². The Morgan fingerprint density at radius 3 is 2.68 bits per heavy atom. The van der Waals surface area contributed by atoms with Crippen molar-refractivity contribution in [1.29, 1.82) is 0 Å². The van der Waals surface area contributed by atoms with Gasteiger partial charge in [0.1, 0.15) is 0 Å². The predicted molar refractivity (Wildman–Crippen MR) is 85.8 cm³/mol. The molecule has 0 radical (unpaired) electrons. The molecule has 0 bridgehead atoms. The zero-order valence-corrected chi connectivity index (χ0v) is 12.9. The molecule has 1 N–H and O–H groups in total. The van der Waals surface area contributed by atoms with Crippen LogP contribution < -0.4 is 4.74 Å². The van der Waals surface area contributed by atoms with Crippen LogP contribution in [0, 0.1) is 5.92 Å². The molecule has 2 aromatic rings. The van der Waals surface area contributed by atoms with Gasteiger partial charge in [0.2, 0.25) is 5.88 Å². The Labute approximate surface area is 131 Å². The molecule has 3 rings (SSSR count). The molecule has 4 heteroatoms. The van der Waals surface area contributed by atoms with Crippen molar-refractivity contribution in [2.24, 2.45) is 5.92 Å². The van der Waals surface area contributed by atoms with E-state index in [9.17, 15) is 5.11 Å². The van der Waals surface area contributed by atoms with E-state index in [-0.39, 0.29) is 18.4 Å². The van der Waals surface area contributed by atoms with Crippen LogP contribution in [0.1, 0.15) is 17.2 Å². The minimum atomic E-state index is 0.189. The number of aliphatic hydroxyl groups excluding tert-OH is 1. The number of hydrogen-bond donors (Lipinski definition) is 1. The normalized spacial score (nSPS) is 21.9. The van der Waals surface area contributed by atoms with Gasteiger partial charge in [0, 0.05) is 49.8 Å². The Morgan fingerprint density at radius 2 is 1.95 bits per heavy atom. The second-order valence-corrected chi connectivity index (χ2v) is 5.83. The third-order valence-electron chi connectivity index (χ3n) is 4.33. The molecule has 2 atom stereocenters. The number of methoxy groups -OCH3 is 1. The average Bonchev–Trinajstić information content (AvgIpc) is 2.99. The summed E-state index contributed by atoms with van der Waals surface area (Å²) >= 11 is 0. The van der Waals surface area contributed by atoms with Gasteiger partial charge < -0.3 is 9.84 Å². The first-order chi connectivity index (χ1) is 10.8. The highest BCUT2D eigenvalue weighted by Gasteiger charge is 2.34. The van der Waals surface area contributed by atoms with E-state index in [4.69, 9.17) is 4.74 Å². The van der Waals surface area contributed by atoms with Crippen LogP contribution in [-0.2, 0) is 6.54 Å². The lowest BCUT2D eigenvalue weighted by molar-refractivity contribution is 0.213. The highest BCUT2D eigenvalue weighted by atomic mass is 16.5. The number of benzene rings is 1. The van der Waals surface area contributed by atoms with Crippen molar-refractivity contribution in [1.82, 2.24) is 9.88 Å². The van der Waals surface area contributed by atoms with Crippen molar-refractivity contribution in [2.75, 3.05) is 26.8 Å². The Balaban J connectivity index is 1.74. The van der Waals surface area contributed by atoms with Gasteiger partial charge in [0.05, 0.1) is 7.11 Å². The van der Waals surface area contributed by atoms with Crippen molar-refractivity contribution in [3.05, 3.63) is 59.8 Å². The Morgan fingerprint density at radius 1 is 1.14 bits per heavy atom. The van der Waals surface area contributed by atoms with E-state index in [1.807, 2.05) is 24.3 Å². The van der Waals surface area contributed by atoms with Gasteiger partial charge in [-0.2, -0.15) is 0 Å². The quantitative estimate of drug-likeness (QED) is 0.920. The average molecular weight is 298 g/mol. The molecule has 1 aliphatic rings. The van der Waals surface area contributed by atoms with Gasteiger partial charge in [0.15, 0.2) is 0 Å². The molecule has 1 fully saturated rings. The second-order valence-electron chi connectivity index (χ2n) is 5.83. The molecule has 116 valence electrons. The summed E-state index contributed by atoms with van der Waals surface area (Å²) in [7, 11) is 1.63. The minimum Gasteiger partial charge on any atom is -0.481 e. The van der Waals surface area contributed by atoms with Gasteiger partial charge in [-0.05, 0) is 11.6 Å². The van der Waals surface area contributed by atoms with Crippen LogP contribution in [0.25, 0.3) is 0 Å². The molecule has 1 saturated heterocycles. The van der Waals surface area contributed by atoms with Crippen molar-refractivity contribution in [2.45, 2.75) is 12.5 Å². The fourth-order valence-electron chi connectivity index (χ4n) is 3.20. The van der Waals surface area contributed by atoms with E-state index < -0.39 is 0 Å². The van der Waals surface area contributed by atoms with Crippen LogP contribution in [-0.4, -0.2) is 41.8 Å². The number of aliphatic hydroxyl groups is 1. The van der Waals surface area contributed by atoms with Gasteiger partial charge >= 0.3 is 0 Å². The molecule has 0 aliphatic carbocycles. The molecule has 1 aromatic carbocycles. The third kappa shape index (κ3) is 3.29. The topological polar surface area (TPSA) is 45.6 Å². The molecule has 0 spiro atoms. The maximum atomic E-state index is 9.72. The van der Waals surface area contributed by atoms with Crippen LogP contribution in [0.2, 0.25) is 0 Å². The predicted octanol–water partition coefficient (Wildman–Crippen LogP) is 2.30. The molecular weight excluding hydrogens is 276 g/mol. The summed E-state index contributed by atoms with van der Waals surface area (Å²) in [5.74, 6) is 1.11. The maximum absolute atomic E-state index is 9.72. The fraction of sp³-hybridized carbons (Fsp3) is 0.389. The van der Waals surface area contributed by atoms with E-state index in [1.54, 1.807) is 7.11 Å². The third-order valence-corrected chi connectivity index (χ3v) is 4.33. The Hall–Kier alpha value is -1.91. The maximum Gasteiger partial charge on any atom is 0.213 e. The Kier molecular flexibility index (Phi) is 4.71. The van der Waals surface area contributed by atoms with Gasteiger partial charge in [-0.1, -0.05) is 36.4 Å². The number of likely N-dealkylation sites (tertiary alicyclic amines) is 1. The molecule has 0 unspecified atom stereocenters. The standard InChI is InChI=1S/C18H22N2O2/c1-22-18-9-5-8-17(19-18)16-12-20(11-15(16)13-21)10-14-6-3-2-4-7-14/h2-9,15-16,21H,10-13H2,1H3/t15-,16-/m1/s1. The monoisotopic (exact) mass is 298 g/mol. The van der Waals surface area contributed by atoms with Crippen LogP contribution >= 0.6 is 0 Å². The molecule has 1 aromatic heterocycles. The molecule has 4 nitrogen and oxygen atoms in total. The van der Waals surface area contributed by atoms with E-state index in [2.05, 4.69) is 34.1 Å². The van der Waals surface area contributed by atoms with Crippen LogP contribution in [0.3, 0.4) is 0 Å². The lowest BCUT2D eigenvalue weighted by atomic mass is 9.93. The van der Waals surface area contributed by atoms with Gasteiger partial charge in [0.25, 0.3) is 0 Å². The number of aromatic nitrogens is 1. The fourth-order valence-corrected chi connectivity index (χ4v) is 3.20. The first kappa shape index (κ1) is 15.0. The molecule has 22 heavy (non-hydrogen) atoms. The molecule has 0 amide bonds. The highest BCUT2D eigenvalue weighted by molar-refractivity contribution is 5.21. The van der Waals surface area contributed by atoms with E-state index in [1.165, 1.54) is 5.56 Å². The van der Waals surface area contributed by atoms with Crippen molar-refractivity contribution >= 4 is 0 Å². The molecular formula is C18H22N2O2. The van der Waals surface area contributed by atoms with Crippen LogP contribution in [0.15, 0.2) is 48.5 Å².